The van der Waals surface area contributed by atoms with E-state index in [-0.39, 0.29) is 17.5 Å². The first-order chi connectivity index (χ1) is 14.8. The summed E-state index contributed by atoms with van der Waals surface area (Å²) in [5.41, 5.74) is 0.574. The monoisotopic (exact) mass is 433 g/mol. The number of nitro benzene ring substituents is 1. The second kappa shape index (κ2) is 11.8. The van der Waals surface area contributed by atoms with Gasteiger partial charge in [0.05, 0.1) is 24.7 Å². The molecule has 0 spiro atoms. The average molecular weight is 433 g/mol. The minimum atomic E-state index is -0.932. The Bertz CT molecular complexity index is 866. The summed E-state index contributed by atoms with van der Waals surface area (Å²) in [6.07, 6.45) is 0.522. The van der Waals surface area contributed by atoms with Crippen molar-refractivity contribution in [2.45, 2.75) is 45.3 Å². The molecule has 0 aromatic heterocycles. The third-order valence-corrected chi connectivity index (χ3v) is 4.45. The minimum absolute atomic E-state index is 0.105. The van der Waals surface area contributed by atoms with Crippen molar-refractivity contribution in [3.8, 4) is 17.2 Å². The zero-order valence-corrected chi connectivity index (χ0v) is 17.8. The molecule has 0 bridgehead atoms. The average Bonchev–Trinajstić information content (AvgIpc) is 2.73. The number of carbonyl (C=O) groups is 1. The first kappa shape index (κ1) is 23.9. The molecule has 2 atom stereocenters. The number of carbonyl (C=O) groups excluding carboxylic acids is 1. The van der Waals surface area contributed by atoms with Crippen LogP contribution >= 0.6 is 0 Å². The number of non-ortho nitro benzene ring substituents is 1. The van der Waals surface area contributed by atoms with Crippen molar-refractivity contribution >= 4 is 11.8 Å². The normalized spacial score (nSPS) is 12.5. The Morgan fingerprint density at radius 2 is 1.81 bits per heavy atom. The highest BCUT2D eigenvalue weighted by Crippen LogP contribution is 2.32. The molecule has 0 saturated carbocycles. The summed E-state index contributed by atoms with van der Waals surface area (Å²) in [5, 5.41) is 19.9. The zero-order chi connectivity index (χ0) is 22.8. The number of hydrogen-bond donors (Lipinski definition) is 1. The number of ether oxygens (including phenoxy) is 4. The lowest BCUT2D eigenvalue weighted by molar-refractivity contribution is -0.384. The molecule has 2 unspecified atom stereocenters. The fourth-order valence-corrected chi connectivity index (χ4v) is 2.75. The molecule has 0 fully saturated rings. The van der Waals surface area contributed by atoms with Crippen LogP contribution in [-0.2, 0) is 4.74 Å². The Morgan fingerprint density at radius 1 is 1.10 bits per heavy atom. The molecule has 0 aliphatic rings. The van der Waals surface area contributed by atoms with Crippen LogP contribution in [0.25, 0.3) is 0 Å². The number of benzene rings is 2. The maximum Gasteiger partial charge on any atom is 0.514 e. The van der Waals surface area contributed by atoms with Gasteiger partial charge in [-0.05, 0) is 62.9 Å². The smallest absolute Gasteiger partial charge is 0.493 e. The van der Waals surface area contributed by atoms with Crippen molar-refractivity contribution in [2.24, 2.45) is 0 Å². The van der Waals surface area contributed by atoms with Gasteiger partial charge in [0.2, 0.25) is 0 Å². The van der Waals surface area contributed by atoms with Gasteiger partial charge in [0.1, 0.15) is 11.9 Å². The van der Waals surface area contributed by atoms with Gasteiger partial charge < -0.3 is 24.1 Å². The van der Waals surface area contributed by atoms with Gasteiger partial charge in [0.25, 0.3) is 5.69 Å². The number of methoxy groups -OCH3 is 1. The lowest BCUT2D eigenvalue weighted by Gasteiger charge is -2.16. The van der Waals surface area contributed by atoms with E-state index in [1.165, 1.54) is 31.4 Å². The second-order valence-electron chi connectivity index (χ2n) is 6.97. The van der Waals surface area contributed by atoms with Crippen LogP contribution in [-0.4, -0.2) is 36.0 Å². The first-order valence-corrected chi connectivity index (χ1v) is 9.92. The summed E-state index contributed by atoms with van der Waals surface area (Å²) in [7, 11) is 1.52. The number of aliphatic hydroxyl groups is 1. The van der Waals surface area contributed by atoms with Crippen molar-refractivity contribution in [3.05, 3.63) is 58.1 Å². The van der Waals surface area contributed by atoms with E-state index in [0.29, 0.717) is 23.7 Å². The fraction of sp³-hybridized carbons (Fsp3) is 0.409. The first-order valence-electron chi connectivity index (χ1n) is 9.92. The SMILES string of the molecule is COc1cc(C(C)OC(=O)Oc2ccc([N+](=O)[O-])cc2)ccc1OCCCCC(C)O. The summed E-state index contributed by atoms with van der Waals surface area (Å²) in [5.74, 6) is 1.22. The Morgan fingerprint density at radius 3 is 2.42 bits per heavy atom. The molecule has 1 N–H and O–H groups in total. The van der Waals surface area contributed by atoms with E-state index in [4.69, 9.17) is 18.9 Å². The largest absolute Gasteiger partial charge is 0.514 e. The maximum absolute atomic E-state index is 12.0. The van der Waals surface area contributed by atoms with Crippen molar-refractivity contribution in [2.75, 3.05) is 13.7 Å². The Labute approximate surface area is 180 Å². The molecular formula is C22H27NO8. The predicted octanol–water partition coefficient (Wildman–Crippen LogP) is 4.81. The quantitative estimate of drug-likeness (QED) is 0.176. The number of nitro groups is 1. The molecule has 0 aliphatic carbocycles. The lowest BCUT2D eigenvalue weighted by atomic mass is 10.1. The molecule has 0 saturated heterocycles. The van der Waals surface area contributed by atoms with Gasteiger partial charge in [-0.3, -0.25) is 10.1 Å². The predicted molar refractivity (Wildman–Crippen MR) is 113 cm³/mol. The van der Waals surface area contributed by atoms with Crippen LogP contribution < -0.4 is 14.2 Å². The van der Waals surface area contributed by atoms with Gasteiger partial charge in [-0.2, -0.15) is 0 Å². The summed E-state index contributed by atoms with van der Waals surface area (Å²) in [6.45, 7) is 3.94. The van der Waals surface area contributed by atoms with Gasteiger partial charge in [0, 0.05) is 12.1 Å². The lowest BCUT2D eigenvalue weighted by Crippen LogP contribution is -2.13. The highest BCUT2D eigenvalue weighted by molar-refractivity contribution is 5.64. The fourth-order valence-electron chi connectivity index (χ4n) is 2.75. The van der Waals surface area contributed by atoms with Gasteiger partial charge in [-0.1, -0.05) is 6.07 Å². The minimum Gasteiger partial charge on any atom is -0.493 e. The number of hydrogen-bond acceptors (Lipinski definition) is 8. The van der Waals surface area contributed by atoms with E-state index in [0.717, 1.165) is 19.3 Å². The molecule has 2 aromatic rings. The van der Waals surface area contributed by atoms with Crippen LogP contribution in [0.1, 0.15) is 44.8 Å². The van der Waals surface area contributed by atoms with Gasteiger partial charge in [-0.15, -0.1) is 0 Å². The second-order valence-corrected chi connectivity index (χ2v) is 6.97. The molecule has 2 aromatic carbocycles. The van der Waals surface area contributed by atoms with Crippen molar-refractivity contribution in [1.29, 1.82) is 0 Å². The summed E-state index contributed by atoms with van der Waals surface area (Å²) >= 11 is 0. The van der Waals surface area contributed by atoms with Crippen LogP contribution in [0.3, 0.4) is 0 Å². The molecular weight excluding hydrogens is 406 g/mol. The Hall–Kier alpha value is -3.33. The van der Waals surface area contributed by atoms with E-state index >= 15 is 0 Å². The van der Waals surface area contributed by atoms with Gasteiger partial charge >= 0.3 is 6.16 Å². The number of rotatable bonds is 11. The molecule has 9 heteroatoms. The van der Waals surface area contributed by atoms with Crippen LogP contribution in [0, 0.1) is 10.1 Å². The summed E-state index contributed by atoms with van der Waals surface area (Å²) in [4.78, 5) is 22.2. The van der Waals surface area contributed by atoms with E-state index in [9.17, 15) is 20.0 Å². The molecule has 0 heterocycles. The maximum atomic E-state index is 12.0. The van der Waals surface area contributed by atoms with Crippen LogP contribution in [0.2, 0.25) is 0 Å². The van der Waals surface area contributed by atoms with Crippen molar-refractivity contribution in [1.82, 2.24) is 0 Å². The highest BCUT2D eigenvalue weighted by atomic mass is 16.7. The van der Waals surface area contributed by atoms with E-state index in [1.54, 1.807) is 32.0 Å². The van der Waals surface area contributed by atoms with Crippen molar-refractivity contribution in [3.63, 3.8) is 0 Å². The molecule has 31 heavy (non-hydrogen) atoms. The number of unbranched alkanes of at least 4 members (excludes halogenated alkanes) is 1. The standard InChI is InChI=1S/C22H27NO8/c1-15(24)6-4-5-13-29-20-12-7-17(14-21(20)28-3)16(2)30-22(25)31-19-10-8-18(9-11-19)23(26)27/h7-12,14-16,24H,4-6,13H2,1-3H3. The molecule has 9 nitrogen and oxygen atoms in total. The zero-order valence-electron chi connectivity index (χ0n) is 17.8. The summed E-state index contributed by atoms with van der Waals surface area (Å²) < 4.78 is 21.4. The van der Waals surface area contributed by atoms with Gasteiger partial charge in [-0.25, -0.2) is 4.79 Å². The molecule has 0 amide bonds. The molecule has 168 valence electrons. The van der Waals surface area contributed by atoms with E-state index in [2.05, 4.69) is 0 Å². The number of nitrogens with zero attached hydrogens (tertiary/aromatic N) is 1. The van der Waals surface area contributed by atoms with Crippen LogP contribution in [0.4, 0.5) is 10.5 Å². The van der Waals surface area contributed by atoms with Crippen LogP contribution in [0.15, 0.2) is 42.5 Å². The summed E-state index contributed by atoms with van der Waals surface area (Å²) in [6, 6.07) is 10.3. The highest BCUT2D eigenvalue weighted by Gasteiger charge is 2.17. The third kappa shape index (κ3) is 7.78. The number of aliphatic hydroxyl groups excluding tert-OH is 1. The Kier molecular flexibility index (Phi) is 9.08. The van der Waals surface area contributed by atoms with E-state index < -0.39 is 17.2 Å². The molecule has 0 radical (unpaired) electrons. The third-order valence-electron chi connectivity index (χ3n) is 4.45. The Balaban J connectivity index is 1.90. The molecule has 0 aliphatic heterocycles. The van der Waals surface area contributed by atoms with E-state index in [1.807, 2.05) is 0 Å². The molecule has 2 rings (SSSR count). The van der Waals surface area contributed by atoms with Gasteiger partial charge in [0.15, 0.2) is 11.5 Å². The van der Waals surface area contributed by atoms with Crippen LogP contribution in [0.5, 0.6) is 17.2 Å². The van der Waals surface area contributed by atoms with Crippen molar-refractivity contribution < 1.29 is 33.8 Å². The topological polar surface area (TPSA) is 117 Å².